The minimum atomic E-state index is -0.0411. The maximum atomic E-state index is 11.2. The van der Waals surface area contributed by atoms with Crippen LogP contribution < -0.4 is 5.32 Å². The van der Waals surface area contributed by atoms with Crippen LogP contribution in [0.1, 0.15) is 22.8 Å². The minimum absolute atomic E-state index is 0.0411. The third kappa shape index (κ3) is 3.93. The van der Waals surface area contributed by atoms with Gasteiger partial charge in [0.15, 0.2) is 5.78 Å². The summed E-state index contributed by atoms with van der Waals surface area (Å²) in [4.78, 5) is 11.2. The lowest BCUT2D eigenvalue weighted by Gasteiger charge is -2.18. The van der Waals surface area contributed by atoms with Gasteiger partial charge >= 0.3 is 0 Å². The molecular weight excluding hydrogens is 250 g/mol. The molecular formula is C17H19NO2. The van der Waals surface area contributed by atoms with Gasteiger partial charge in [0.25, 0.3) is 0 Å². The van der Waals surface area contributed by atoms with E-state index in [4.69, 9.17) is 0 Å². The molecule has 0 amide bonds. The normalized spacial score (nSPS) is 11.9. The van der Waals surface area contributed by atoms with Crippen LogP contribution in [0.25, 0.3) is 0 Å². The fourth-order valence-corrected chi connectivity index (χ4v) is 2.10. The summed E-state index contributed by atoms with van der Waals surface area (Å²) >= 11 is 0. The molecule has 0 aliphatic heterocycles. The largest absolute Gasteiger partial charge is 0.394 e. The summed E-state index contributed by atoms with van der Waals surface area (Å²) in [6, 6.07) is 17.3. The zero-order valence-electron chi connectivity index (χ0n) is 11.5. The van der Waals surface area contributed by atoms with Crippen molar-refractivity contribution >= 4 is 11.5 Å². The van der Waals surface area contributed by atoms with Gasteiger partial charge in [-0.1, -0.05) is 30.3 Å². The van der Waals surface area contributed by atoms with E-state index in [-0.39, 0.29) is 18.4 Å². The number of anilines is 1. The van der Waals surface area contributed by atoms with Gasteiger partial charge in [0.05, 0.1) is 12.6 Å². The lowest BCUT2D eigenvalue weighted by Crippen LogP contribution is -2.26. The number of benzene rings is 2. The molecule has 0 bridgehead atoms. The second kappa shape index (κ2) is 6.87. The van der Waals surface area contributed by atoms with Gasteiger partial charge < -0.3 is 10.4 Å². The Kier molecular flexibility index (Phi) is 4.91. The average molecular weight is 269 g/mol. The van der Waals surface area contributed by atoms with Crippen LogP contribution in [0.4, 0.5) is 5.69 Å². The van der Waals surface area contributed by atoms with E-state index in [1.807, 2.05) is 42.5 Å². The smallest absolute Gasteiger partial charge is 0.159 e. The SMILES string of the molecule is CC(=O)c1ccc(N[C@H](CO)Cc2ccccc2)cc1. The Hall–Kier alpha value is -2.13. The van der Waals surface area contributed by atoms with E-state index < -0.39 is 0 Å². The summed E-state index contributed by atoms with van der Waals surface area (Å²) in [5.74, 6) is 0.0551. The summed E-state index contributed by atoms with van der Waals surface area (Å²) in [7, 11) is 0. The van der Waals surface area contributed by atoms with Crippen LogP contribution in [-0.4, -0.2) is 23.5 Å². The van der Waals surface area contributed by atoms with Crippen LogP contribution >= 0.6 is 0 Å². The first kappa shape index (κ1) is 14.3. The number of nitrogens with one attached hydrogen (secondary N) is 1. The maximum Gasteiger partial charge on any atom is 0.159 e. The molecule has 0 heterocycles. The summed E-state index contributed by atoms with van der Waals surface area (Å²) in [6.07, 6.45) is 0.756. The number of carbonyl (C=O) groups excluding carboxylic acids is 1. The van der Waals surface area contributed by atoms with Crippen molar-refractivity contribution < 1.29 is 9.90 Å². The molecule has 0 fully saturated rings. The Morgan fingerprint density at radius 3 is 2.30 bits per heavy atom. The molecule has 1 atom stereocenters. The number of hydrogen-bond donors (Lipinski definition) is 2. The molecule has 0 radical (unpaired) electrons. The van der Waals surface area contributed by atoms with Crippen molar-refractivity contribution in [1.82, 2.24) is 0 Å². The Morgan fingerprint density at radius 1 is 1.10 bits per heavy atom. The molecule has 0 aromatic heterocycles. The second-order valence-corrected chi connectivity index (χ2v) is 4.85. The van der Waals surface area contributed by atoms with Crippen molar-refractivity contribution in [1.29, 1.82) is 0 Å². The molecule has 0 aliphatic rings. The highest BCUT2D eigenvalue weighted by Gasteiger charge is 2.08. The van der Waals surface area contributed by atoms with Gasteiger partial charge in [0.2, 0.25) is 0 Å². The Labute approximate surface area is 119 Å². The topological polar surface area (TPSA) is 49.3 Å². The first-order chi connectivity index (χ1) is 9.69. The molecule has 2 aromatic rings. The van der Waals surface area contributed by atoms with Crippen molar-refractivity contribution in [3.63, 3.8) is 0 Å². The molecule has 2 rings (SSSR count). The van der Waals surface area contributed by atoms with Gasteiger partial charge in [-0.2, -0.15) is 0 Å². The summed E-state index contributed by atoms with van der Waals surface area (Å²) in [5, 5.41) is 12.8. The first-order valence-electron chi connectivity index (χ1n) is 6.71. The summed E-state index contributed by atoms with van der Waals surface area (Å²) in [6.45, 7) is 1.61. The number of carbonyl (C=O) groups is 1. The van der Waals surface area contributed by atoms with Crippen molar-refractivity contribution in [2.45, 2.75) is 19.4 Å². The fraction of sp³-hybridized carbons (Fsp3) is 0.235. The lowest BCUT2D eigenvalue weighted by atomic mass is 10.1. The van der Waals surface area contributed by atoms with Crippen molar-refractivity contribution in [2.24, 2.45) is 0 Å². The van der Waals surface area contributed by atoms with E-state index in [0.717, 1.165) is 12.1 Å². The number of aliphatic hydroxyl groups is 1. The van der Waals surface area contributed by atoms with Crippen LogP contribution in [0.5, 0.6) is 0 Å². The Balaban J connectivity index is 2.01. The molecule has 2 aromatic carbocycles. The van der Waals surface area contributed by atoms with Crippen LogP contribution in [-0.2, 0) is 6.42 Å². The third-order valence-corrected chi connectivity index (χ3v) is 3.21. The van der Waals surface area contributed by atoms with E-state index in [1.54, 1.807) is 19.1 Å². The molecule has 3 heteroatoms. The van der Waals surface area contributed by atoms with Crippen LogP contribution in [0.2, 0.25) is 0 Å². The molecule has 3 nitrogen and oxygen atoms in total. The first-order valence-corrected chi connectivity index (χ1v) is 6.71. The van der Waals surface area contributed by atoms with Crippen molar-refractivity contribution in [2.75, 3.05) is 11.9 Å². The molecule has 0 spiro atoms. The quantitative estimate of drug-likeness (QED) is 0.793. The third-order valence-electron chi connectivity index (χ3n) is 3.21. The predicted molar refractivity (Wildman–Crippen MR) is 81.1 cm³/mol. The monoisotopic (exact) mass is 269 g/mol. The zero-order chi connectivity index (χ0) is 14.4. The minimum Gasteiger partial charge on any atom is -0.394 e. The highest BCUT2D eigenvalue weighted by Crippen LogP contribution is 2.13. The van der Waals surface area contributed by atoms with E-state index in [1.165, 1.54) is 5.56 Å². The lowest BCUT2D eigenvalue weighted by molar-refractivity contribution is 0.101. The zero-order valence-corrected chi connectivity index (χ0v) is 11.5. The number of ketones is 1. The van der Waals surface area contributed by atoms with Gasteiger partial charge in [-0.3, -0.25) is 4.79 Å². The van der Waals surface area contributed by atoms with Crippen molar-refractivity contribution in [3.8, 4) is 0 Å². The standard InChI is InChI=1S/C17H19NO2/c1-13(20)15-7-9-16(10-8-15)18-17(12-19)11-14-5-3-2-4-6-14/h2-10,17-19H,11-12H2,1H3/t17-/m0/s1. The Morgan fingerprint density at radius 2 is 1.75 bits per heavy atom. The van der Waals surface area contributed by atoms with E-state index >= 15 is 0 Å². The molecule has 20 heavy (non-hydrogen) atoms. The van der Waals surface area contributed by atoms with E-state index in [2.05, 4.69) is 5.32 Å². The number of rotatable bonds is 6. The van der Waals surface area contributed by atoms with Crippen LogP contribution in [0.3, 0.4) is 0 Å². The fourth-order valence-electron chi connectivity index (χ4n) is 2.10. The van der Waals surface area contributed by atoms with Crippen LogP contribution in [0.15, 0.2) is 54.6 Å². The molecule has 0 saturated heterocycles. The number of aliphatic hydroxyl groups excluding tert-OH is 1. The summed E-state index contributed by atoms with van der Waals surface area (Å²) in [5.41, 5.74) is 2.78. The highest BCUT2D eigenvalue weighted by molar-refractivity contribution is 5.94. The molecule has 0 unspecified atom stereocenters. The Bertz CT molecular complexity index is 549. The second-order valence-electron chi connectivity index (χ2n) is 4.85. The molecule has 2 N–H and O–H groups in total. The van der Waals surface area contributed by atoms with Gasteiger partial charge in [-0.15, -0.1) is 0 Å². The van der Waals surface area contributed by atoms with Crippen molar-refractivity contribution in [3.05, 3.63) is 65.7 Å². The predicted octanol–water partition coefficient (Wildman–Crippen LogP) is 2.90. The molecule has 0 aliphatic carbocycles. The number of Topliss-reactive ketones (excluding diaryl/α,β-unsaturated/α-hetero) is 1. The van der Waals surface area contributed by atoms with Gasteiger partial charge in [-0.05, 0) is 43.2 Å². The van der Waals surface area contributed by atoms with E-state index in [0.29, 0.717) is 5.56 Å². The van der Waals surface area contributed by atoms with Gasteiger partial charge in [0.1, 0.15) is 0 Å². The maximum absolute atomic E-state index is 11.2. The molecule has 104 valence electrons. The summed E-state index contributed by atoms with van der Waals surface area (Å²) < 4.78 is 0. The highest BCUT2D eigenvalue weighted by atomic mass is 16.3. The van der Waals surface area contributed by atoms with Crippen LogP contribution in [0, 0.1) is 0 Å². The molecule has 0 saturated carbocycles. The average Bonchev–Trinajstić information content (AvgIpc) is 2.48. The van der Waals surface area contributed by atoms with Gasteiger partial charge in [0, 0.05) is 11.3 Å². The van der Waals surface area contributed by atoms with Gasteiger partial charge in [-0.25, -0.2) is 0 Å². The van der Waals surface area contributed by atoms with E-state index in [9.17, 15) is 9.90 Å². The number of hydrogen-bond acceptors (Lipinski definition) is 3.